The van der Waals surface area contributed by atoms with Crippen molar-refractivity contribution in [1.82, 2.24) is 19.4 Å². The topological polar surface area (TPSA) is 142 Å². The molecule has 4 N–H and O–H groups in total. The largest absolute Gasteiger partial charge is 0.419 e. The van der Waals surface area contributed by atoms with Gasteiger partial charge < -0.3 is 10.6 Å². The summed E-state index contributed by atoms with van der Waals surface area (Å²) >= 11 is 0. The maximum absolute atomic E-state index is 14.3. The van der Waals surface area contributed by atoms with Crippen molar-refractivity contribution in [3.05, 3.63) is 65.6 Å². The fraction of sp³-hybridized carbons (Fsp3) is 0.273. The van der Waals surface area contributed by atoms with Gasteiger partial charge in [0.1, 0.15) is 10.7 Å². The zero-order valence-electron chi connectivity index (χ0n) is 19.5. The number of hydrogen-bond acceptors (Lipinski definition) is 8. The second-order valence-electron chi connectivity index (χ2n) is 8.16. The Morgan fingerprint density at radius 3 is 2.61 bits per heavy atom. The molecule has 1 aromatic heterocycles. The number of benzene rings is 2. The van der Waals surface area contributed by atoms with Crippen molar-refractivity contribution in [2.24, 2.45) is 0 Å². The number of nitrogens with zero attached hydrogens (tertiary/aromatic N) is 2. The number of sulfonamides is 2. The van der Waals surface area contributed by atoms with Crippen LogP contribution in [0.15, 0.2) is 58.5 Å². The molecular weight excluding hydrogens is 552 g/mol. The van der Waals surface area contributed by atoms with E-state index < -0.39 is 42.5 Å². The fourth-order valence-electron chi connectivity index (χ4n) is 3.59. The molecule has 1 aliphatic heterocycles. The maximum Gasteiger partial charge on any atom is 0.419 e. The summed E-state index contributed by atoms with van der Waals surface area (Å²) in [6.45, 7) is 0.165. The molecule has 0 saturated carbocycles. The van der Waals surface area contributed by atoms with Gasteiger partial charge in [0.25, 0.3) is 0 Å². The quantitative estimate of drug-likeness (QED) is 0.341. The Kier molecular flexibility index (Phi) is 7.87. The van der Waals surface area contributed by atoms with Gasteiger partial charge in [0.15, 0.2) is 5.82 Å². The third kappa shape index (κ3) is 6.38. The molecule has 0 amide bonds. The Bertz CT molecular complexity index is 1550. The average molecular weight is 575 g/mol. The lowest BCUT2D eigenvalue weighted by Gasteiger charge is -2.14. The summed E-state index contributed by atoms with van der Waals surface area (Å²) in [4.78, 5) is 7.53. The van der Waals surface area contributed by atoms with E-state index in [1.807, 2.05) is 0 Å². The van der Waals surface area contributed by atoms with Gasteiger partial charge in [-0.1, -0.05) is 12.1 Å². The zero-order chi connectivity index (χ0) is 27.6. The third-order valence-corrected chi connectivity index (χ3v) is 8.38. The van der Waals surface area contributed by atoms with Crippen molar-refractivity contribution >= 4 is 37.5 Å². The van der Waals surface area contributed by atoms with Crippen LogP contribution in [0.3, 0.4) is 0 Å². The number of hydrogen-bond donors (Lipinski definition) is 4. The number of halogens is 4. The predicted molar refractivity (Wildman–Crippen MR) is 130 cm³/mol. The first kappa shape index (κ1) is 27.7. The van der Waals surface area contributed by atoms with Crippen LogP contribution >= 0.6 is 0 Å². The lowest BCUT2D eigenvalue weighted by atomic mass is 10.2. The van der Waals surface area contributed by atoms with Gasteiger partial charge in [-0.3, -0.25) is 0 Å². The van der Waals surface area contributed by atoms with Crippen molar-refractivity contribution < 1.29 is 34.4 Å². The highest BCUT2D eigenvalue weighted by molar-refractivity contribution is 7.89. The molecule has 2 aromatic carbocycles. The minimum absolute atomic E-state index is 0.0184. The molecule has 16 heteroatoms. The summed E-state index contributed by atoms with van der Waals surface area (Å²) in [5, 5.41) is 5.96. The highest BCUT2D eigenvalue weighted by Crippen LogP contribution is 2.33. The van der Waals surface area contributed by atoms with E-state index in [0.29, 0.717) is 36.1 Å². The summed E-state index contributed by atoms with van der Waals surface area (Å²) in [6, 6.07) is 8.09. The summed E-state index contributed by atoms with van der Waals surface area (Å²) in [6.07, 6.45) is -3.21. The van der Waals surface area contributed by atoms with E-state index in [9.17, 15) is 34.4 Å². The summed E-state index contributed by atoms with van der Waals surface area (Å²) in [7, 11) is -8.32. The van der Waals surface area contributed by atoms with Crippen molar-refractivity contribution in [2.75, 3.05) is 30.3 Å². The molecule has 0 unspecified atom stereocenters. The number of alkyl halides is 3. The minimum atomic E-state index is -5.05. The molecule has 204 valence electrons. The minimum Gasteiger partial charge on any atom is -0.370 e. The van der Waals surface area contributed by atoms with Gasteiger partial charge in [0.05, 0.1) is 10.5 Å². The molecule has 4 bridgehead atoms. The van der Waals surface area contributed by atoms with Crippen LogP contribution in [0.25, 0.3) is 0 Å². The van der Waals surface area contributed by atoms with Gasteiger partial charge in [-0.05, 0) is 43.2 Å². The Balaban J connectivity index is 1.52. The van der Waals surface area contributed by atoms with Crippen molar-refractivity contribution in [2.45, 2.75) is 28.8 Å². The molecule has 0 spiro atoms. The van der Waals surface area contributed by atoms with E-state index in [4.69, 9.17) is 0 Å². The first-order chi connectivity index (χ1) is 17.9. The highest BCUT2D eigenvalue weighted by atomic mass is 32.2. The first-order valence-electron chi connectivity index (χ1n) is 11.2. The molecule has 10 nitrogen and oxygen atoms in total. The highest BCUT2D eigenvalue weighted by Gasteiger charge is 2.36. The van der Waals surface area contributed by atoms with E-state index in [1.165, 1.54) is 18.3 Å². The molecule has 3 aromatic rings. The number of anilines is 3. The molecule has 4 rings (SSSR count). The second-order valence-corrected chi connectivity index (χ2v) is 11.7. The number of aromatic nitrogens is 2. The van der Waals surface area contributed by atoms with Crippen LogP contribution in [-0.2, 0) is 32.6 Å². The molecule has 0 fully saturated rings. The third-order valence-electron chi connectivity index (χ3n) is 5.45. The van der Waals surface area contributed by atoms with Crippen LogP contribution in [0.5, 0.6) is 0 Å². The summed E-state index contributed by atoms with van der Waals surface area (Å²) < 4.78 is 108. The van der Waals surface area contributed by atoms with Crippen molar-refractivity contribution in [3.63, 3.8) is 0 Å². The fourth-order valence-corrected chi connectivity index (χ4v) is 5.84. The number of nitrogens with one attached hydrogen (secondary N) is 4. The van der Waals surface area contributed by atoms with Crippen molar-refractivity contribution in [1.29, 1.82) is 0 Å². The van der Waals surface area contributed by atoms with Crippen molar-refractivity contribution in [3.8, 4) is 0 Å². The van der Waals surface area contributed by atoms with Crippen LogP contribution in [0.1, 0.15) is 17.5 Å². The molecule has 1 aliphatic rings. The van der Waals surface area contributed by atoms with Gasteiger partial charge in [-0.2, -0.15) is 18.2 Å². The Morgan fingerprint density at radius 2 is 1.84 bits per heavy atom. The first-order valence-corrected chi connectivity index (χ1v) is 14.2. The Labute approximate surface area is 216 Å². The summed E-state index contributed by atoms with van der Waals surface area (Å²) in [5.74, 6) is -1.40. The van der Waals surface area contributed by atoms with E-state index in [0.717, 1.165) is 12.1 Å². The van der Waals surface area contributed by atoms with E-state index in [2.05, 4.69) is 30.0 Å². The second kappa shape index (κ2) is 10.8. The summed E-state index contributed by atoms with van der Waals surface area (Å²) in [5.41, 5.74) is -0.797. The smallest absolute Gasteiger partial charge is 0.370 e. The van der Waals surface area contributed by atoms with Crippen LogP contribution < -0.4 is 20.1 Å². The molecule has 0 atom stereocenters. The molecule has 38 heavy (non-hydrogen) atoms. The van der Waals surface area contributed by atoms with Gasteiger partial charge in [-0.25, -0.2) is 35.7 Å². The SMILES string of the molecule is O=S1(=O)NCCCNc2nc(ncc2CCNS(=O)(=O)c2cccc(C(F)(F)F)c2F)Nc2cccc1c2. The van der Waals surface area contributed by atoms with Gasteiger partial charge in [0, 0.05) is 37.1 Å². The molecule has 0 saturated heterocycles. The van der Waals surface area contributed by atoms with Crippen LogP contribution in [0, 0.1) is 5.82 Å². The van der Waals surface area contributed by atoms with Crippen LogP contribution in [0.4, 0.5) is 35.0 Å². The predicted octanol–water partition coefficient (Wildman–Crippen LogP) is 2.99. The lowest BCUT2D eigenvalue weighted by Crippen LogP contribution is -2.28. The monoisotopic (exact) mass is 574 g/mol. The van der Waals surface area contributed by atoms with Crippen LogP contribution in [0.2, 0.25) is 0 Å². The molecule has 0 aliphatic carbocycles. The van der Waals surface area contributed by atoms with E-state index in [1.54, 1.807) is 12.1 Å². The standard InChI is InChI=1S/C22H22F4N6O4S2/c23-19-17(22(24,25)26)6-2-7-18(19)38(35,36)30-11-8-14-13-28-21-31-15-4-1-5-16(12-15)37(33,34)29-10-3-9-27-20(14)32-21/h1-2,4-7,12-13,29-30H,3,8-11H2,(H2,27,28,31,32). The molecular formula is C22H22F4N6O4S2. The van der Waals surface area contributed by atoms with E-state index in [-0.39, 0.29) is 30.4 Å². The van der Waals surface area contributed by atoms with Gasteiger partial charge >= 0.3 is 6.18 Å². The van der Waals surface area contributed by atoms with Gasteiger partial charge in [-0.15, -0.1) is 0 Å². The van der Waals surface area contributed by atoms with Crippen LogP contribution in [-0.4, -0.2) is 46.4 Å². The lowest BCUT2D eigenvalue weighted by molar-refractivity contribution is -0.140. The van der Waals surface area contributed by atoms with E-state index >= 15 is 0 Å². The average Bonchev–Trinajstić information content (AvgIpc) is 2.84. The number of fused-ring (bicyclic) bond motifs is 4. The number of rotatable bonds is 5. The maximum atomic E-state index is 14.3. The van der Waals surface area contributed by atoms with Gasteiger partial charge in [0.2, 0.25) is 26.0 Å². The molecule has 0 radical (unpaired) electrons. The Morgan fingerprint density at radius 1 is 1.08 bits per heavy atom. The zero-order valence-corrected chi connectivity index (χ0v) is 21.1. The Hall–Kier alpha value is -3.34. The molecule has 2 heterocycles. The normalized spacial score (nSPS) is 15.8.